The summed E-state index contributed by atoms with van der Waals surface area (Å²) in [5, 5.41) is 2.68. The molecule has 0 bridgehead atoms. The molecule has 0 aliphatic heterocycles. The van der Waals surface area contributed by atoms with Crippen LogP contribution in [0.3, 0.4) is 0 Å². The van der Waals surface area contributed by atoms with Crippen molar-refractivity contribution in [3.05, 3.63) is 0 Å². The first kappa shape index (κ1) is 13.8. The van der Waals surface area contributed by atoms with E-state index in [1.54, 1.807) is 0 Å². The van der Waals surface area contributed by atoms with E-state index in [1.807, 2.05) is 6.92 Å². The van der Waals surface area contributed by atoms with Crippen molar-refractivity contribution >= 4 is 12.6 Å². The first-order valence-electron chi connectivity index (χ1n) is 6.29. The van der Waals surface area contributed by atoms with Gasteiger partial charge in [-0.2, -0.15) is 0 Å². The molecule has 1 saturated carbocycles. The van der Waals surface area contributed by atoms with Gasteiger partial charge in [0, 0.05) is 12.8 Å². The maximum atomic E-state index is 11.5. The zero-order valence-corrected chi connectivity index (χ0v) is 10.4. The Bertz CT molecular complexity index is 249. The smallest absolute Gasteiger partial charge is 0.410 e. The van der Waals surface area contributed by atoms with Gasteiger partial charge in [0.2, 0.25) is 0 Å². The van der Waals surface area contributed by atoms with Gasteiger partial charge in [0.15, 0.2) is 5.72 Å². The number of alkyl carbamates (subject to hydrolysis) is 1. The van der Waals surface area contributed by atoms with Gasteiger partial charge in [0.25, 0.3) is 6.47 Å². The number of unbranched alkanes of at least 4 members (excludes halogenated alkanes) is 1. The molecule has 0 saturated heterocycles. The Morgan fingerprint density at radius 3 is 2.65 bits per heavy atom. The van der Waals surface area contributed by atoms with E-state index < -0.39 is 11.8 Å². The molecule has 0 atom stereocenters. The highest BCUT2D eigenvalue weighted by Gasteiger charge is 2.35. The molecular weight excluding hydrogens is 222 g/mol. The summed E-state index contributed by atoms with van der Waals surface area (Å²) in [6, 6.07) is 0. The molecule has 98 valence electrons. The lowest BCUT2D eigenvalue weighted by Crippen LogP contribution is -2.51. The Balaban J connectivity index is 2.42. The molecule has 1 amide bonds. The van der Waals surface area contributed by atoms with Crippen LogP contribution in [0.4, 0.5) is 4.79 Å². The van der Waals surface area contributed by atoms with Crippen LogP contribution in [0, 0.1) is 0 Å². The summed E-state index contributed by atoms with van der Waals surface area (Å²) >= 11 is 0. The Morgan fingerprint density at radius 2 is 2.06 bits per heavy atom. The van der Waals surface area contributed by atoms with Crippen molar-refractivity contribution in [3.63, 3.8) is 0 Å². The van der Waals surface area contributed by atoms with Crippen molar-refractivity contribution in [2.75, 3.05) is 6.61 Å². The molecule has 0 aromatic carbocycles. The van der Waals surface area contributed by atoms with Crippen LogP contribution in [0.25, 0.3) is 0 Å². The largest absolute Gasteiger partial charge is 0.449 e. The van der Waals surface area contributed by atoms with E-state index >= 15 is 0 Å². The van der Waals surface area contributed by atoms with Gasteiger partial charge in [-0.3, -0.25) is 10.1 Å². The molecule has 1 rings (SSSR count). The lowest BCUT2D eigenvalue weighted by atomic mass is 9.92. The quantitative estimate of drug-likeness (QED) is 0.442. The summed E-state index contributed by atoms with van der Waals surface area (Å²) in [5.74, 6) is 0. The number of ether oxygens (including phenoxy) is 2. The minimum atomic E-state index is -0.844. The molecule has 1 aliphatic carbocycles. The monoisotopic (exact) mass is 243 g/mol. The molecular formula is C12H21NO4. The SMILES string of the molecule is CCCCOC(=O)NC1(OC=O)CCCCC1. The third-order valence-corrected chi connectivity index (χ3v) is 3.00. The second-order valence-electron chi connectivity index (χ2n) is 4.38. The van der Waals surface area contributed by atoms with E-state index in [0.717, 1.165) is 32.1 Å². The summed E-state index contributed by atoms with van der Waals surface area (Å²) in [6.45, 7) is 2.83. The van der Waals surface area contributed by atoms with E-state index in [2.05, 4.69) is 5.32 Å². The molecule has 0 spiro atoms. The third kappa shape index (κ3) is 4.63. The molecule has 0 aromatic rings. The van der Waals surface area contributed by atoms with E-state index in [-0.39, 0.29) is 0 Å². The van der Waals surface area contributed by atoms with Crippen LogP contribution >= 0.6 is 0 Å². The Labute approximate surface area is 102 Å². The molecule has 0 aromatic heterocycles. The highest BCUT2D eigenvalue weighted by Crippen LogP contribution is 2.28. The van der Waals surface area contributed by atoms with Crippen molar-refractivity contribution in [1.82, 2.24) is 5.32 Å². The van der Waals surface area contributed by atoms with Gasteiger partial charge in [-0.05, 0) is 19.3 Å². The number of carbonyl (C=O) groups excluding carboxylic acids is 2. The number of hydrogen-bond acceptors (Lipinski definition) is 4. The minimum Gasteiger partial charge on any atom is -0.449 e. The van der Waals surface area contributed by atoms with Gasteiger partial charge >= 0.3 is 6.09 Å². The van der Waals surface area contributed by atoms with Gasteiger partial charge in [0.1, 0.15) is 0 Å². The summed E-state index contributed by atoms with van der Waals surface area (Å²) in [4.78, 5) is 22.0. The number of nitrogens with one attached hydrogen (secondary N) is 1. The average molecular weight is 243 g/mol. The lowest BCUT2D eigenvalue weighted by Gasteiger charge is -2.35. The fraction of sp³-hybridized carbons (Fsp3) is 0.833. The van der Waals surface area contributed by atoms with Crippen LogP contribution in [0.2, 0.25) is 0 Å². The van der Waals surface area contributed by atoms with Gasteiger partial charge in [0.05, 0.1) is 6.61 Å². The minimum absolute atomic E-state index is 0.400. The maximum absolute atomic E-state index is 11.5. The summed E-state index contributed by atoms with van der Waals surface area (Å²) < 4.78 is 10.1. The first-order chi connectivity index (χ1) is 8.22. The Kier molecular flexibility index (Phi) is 5.80. The molecule has 0 radical (unpaired) electrons. The van der Waals surface area contributed by atoms with Crippen molar-refractivity contribution in [3.8, 4) is 0 Å². The molecule has 1 fully saturated rings. The van der Waals surface area contributed by atoms with Gasteiger partial charge in [-0.25, -0.2) is 4.79 Å². The van der Waals surface area contributed by atoms with Crippen molar-refractivity contribution in [1.29, 1.82) is 0 Å². The maximum Gasteiger partial charge on any atom is 0.410 e. The third-order valence-electron chi connectivity index (χ3n) is 3.00. The standard InChI is InChI=1S/C12H21NO4/c1-2-3-9-16-11(15)13-12(17-10-14)7-5-4-6-8-12/h10H,2-9H2,1H3,(H,13,15). The van der Waals surface area contributed by atoms with E-state index in [4.69, 9.17) is 9.47 Å². The fourth-order valence-electron chi connectivity index (χ4n) is 2.02. The van der Waals surface area contributed by atoms with E-state index in [0.29, 0.717) is 25.9 Å². The normalized spacial score (nSPS) is 18.2. The van der Waals surface area contributed by atoms with Crippen molar-refractivity contribution < 1.29 is 19.1 Å². The first-order valence-corrected chi connectivity index (χ1v) is 6.29. The average Bonchev–Trinajstić information content (AvgIpc) is 2.30. The predicted octanol–water partition coefficient (Wildman–Crippen LogP) is 2.35. The Hall–Kier alpha value is -1.26. The summed E-state index contributed by atoms with van der Waals surface area (Å²) in [7, 11) is 0. The highest BCUT2D eigenvalue weighted by atomic mass is 16.6. The predicted molar refractivity (Wildman–Crippen MR) is 62.4 cm³/mol. The van der Waals surface area contributed by atoms with Crippen LogP contribution in [0.1, 0.15) is 51.9 Å². The highest BCUT2D eigenvalue weighted by molar-refractivity contribution is 5.68. The molecule has 0 unspecified atom stereocenters. The van der Waals surface area contributed by atoms with Crippen LogP contribution in [-0.4, -0.2) is 24.9 Å². The van der Waals surface area contributed by atoms with Crippen molar-refractivity contribution in [2.45, 2.75) is 57.6 Å². The second-order valence-corrected chi connectivity index (χ2v) is 4.38. The van der Waals surface area contributed by atoms with Crippen molar-refractivity contribution in [2.24, 2.45) is 0 Å². The number of hydrogen-bond donors (Lipinski definition) is 1. The van der Waals surface area contributed by atoms with E-state index in [9.17, 15) is 9.59 Å². The van der Waals surface area contributed by atoms with Crippen LogP contribution < -0.4 is 5.32 Å². The summed E-state index contributed by atoms with van der Waals surface area (Å²) in [6.07, 6.45) is 5.65. The second kappa shape index (κ2) is 7.14. The molecule has 1 N–H and O–H groups in total. The number of amides is 1. The van der Waals surface area contributed by atoms with Crippen LogP contribution in [-0.2, 0) is 14.3 Å². The molecule has 17 heavy (non-hydrogen) atoms. The van der Waals surface area contributed by atoms with Gasteiger partial charge < -0.3 is 9.47 Å². The zero-order valence-electron chi connectivity index (χ0n) is 10.4. The molecule has 5 nitrogen and oxygen atoms in total. The Morgan fingerprint density at radius 1 is 1.35 bits per heavy atom. The summed E-state index contributed by atoms with van der Waals surface area (Å²) in [5.41, 5.74) is -0.844. The number of rotatable bonds is 6. The van der Waals surface area contributed by atoms with Gasteiger partial charge in [-0.1, -0.05) is 19.8 Å². The van der Waals surface area contributed by atoms with Crippen LogP contribution in [0.5, 0.6) is 0 Å². The topological polar surface area (TPSA) is 64.6 Å². The zero-order chi connectivity index (χ0) is 12.6. The van der Waals surface area contributed by atoms with Crippen LogP contribution in [0.15, 0.2) is 0 Å². The number of carbonyl (C=O) groups is 2. The molecule has 5 heteroatoms. The lowest BCUT2D eigenvalue weighted by molar-refractivity contribution is -0.150. The molecule has 0 heterocycles. The molecule has 1 aliphatic rings. The van der Waals surface area contributed by atoms with E-state index in [1.165, 1.54) is 0 Å². The van der Waals surface area contributed by atoms with Gasteiger partial charge in [-0.15, -0.1) is 0 Å². The fourth-order valence-corrected chi connectivity index (χ4v) is 2.02.